The van der Waals surface area contributed by atoms with Crippen molar-refractivity contribution in [2.45, 2.75) is 38.5 Å². The number of amides is 1. The van der Waals surface area contributed by atoms with Gasteiger partial charge in [-0.05, 0) is 42.4 Å². The summed E-state index contributed by atoms with van der Waals surface area (Å²) in [7, 11) is 3.44. The van der Waals surface area contributed by atoms with Crippen LogP contribution >= 0.6 is 0 Å². The summed E-state index contributed by atoms with van der Waals surface area (Å²) in [6.45, 7) is 2.36. The Morgan fingerprint density at radius 1 is 0.931 bits per heavy atom. The molecule has 0 unspecified atom stereocenters. The molecule has 5 heteroatoms. The second-order valence-electron chi connectivity index (χ2n) is 8.36. The minimum absolute atomic E-state index is 0.0964. The molecule has 3 aromatic rings. The molecule has 1 aliphatic carbocycles. The van der Waals surface area contributed by atoms with Gasteiger partial charge in [0.1, 0.15) is 11.5 Å². The Morgan fingerprint density at radius 2 is 1.62 bits per heavy atom. The number of aromatic nitrogens is 3. The topological polar surface area (TPSA) is 61.9 Å². The maximum absolute atomic E-state index is 12.0. The fourth-order valence-electron chi connectivity index (χ4n) is 4.04. The van der Waals surface area contributed by atoms with Crippen LogP contribution in [0, 0.1) is 5.92 Å². The van der Waals surface area contributed by atoms with Crippen LogP contribution in [0.1, 0.15) is 54.6 Å². The second kappa shape index (κ2) is 8.19. The lowest BCUT2D eigenvalue weighted by molar-refractivity contribution is 0.0822. The highest BCUT2D eigenvalue weighted by molar-refractivity contribution is 5.92. The zero-order valence-corrected chi connectivity index (χ0v) is 17.4. The third kappa shape index (κ3) is 4.24. The van der Waals surface area contributed by atoms with E-state index in [0.29, 0.717) is 17.4 Å². The largest absolute Gasteiger partial charge is 0.343 e. The minimum Gasteiger partial charge on any atom is -0.343 e. The van der Waals surface area contributed by atoms with Crippen molar-refractivity contribution >= 4 is 5.91 Å². The summed E-state index contributed by atoms with van der Waals surface area (Å²) in [4.78, 5) is 25.6. The lowest BCUT2D eigenvalue weighted by Gasteiger charge is -2.26. The van der Waals surface area contributed by atoms with Gasteiger partial charge in [-0.1, -0.05) is 44.0 Å². The van der Waals surface area contributed by atoms with Crippen molar-refractivity contribution in [3.05, 3.63) is 60.0 Å². The number of carbonyl (C=O) groups is 1. The van der Waals surface area contributed by atoms with E-state index in [1.807, 2.05) is 12.1 Å². The number of rotatable bonds is 4. The van der Waals surface area contributed by atoms with Crippen LogP contribution in [0.25, 0.3) is 22.6 Å². The van der Waals surface area contributed by atoms with Crippen LogP contribution in [0.2, 0.25) is 0 Å². The second-order valence-corrected chi connectivity index (χ2v) is 8.36. The fourth-order valence-corrected chi connectivity index (χ4v) is 4.04. The molecule has 1 aromatic carbocycles. The Morgan fingerprint density at radius 3 is 2.24 bits per heavy atom. The number of hydrogen-bond donors (Lipinski definition) is 1. The Hall–Kier alpha value is -2.95. The van der Waals surface area contributed by atoms with Gasteiger partial charge < -0.3 is 9.88 Å². The van der Waals surface area contributed by atoms with Gasteiger partial charge in [0.05, 0.1) is 11.9 Å². The first-order valence-electron chi connectivity index (χ1n) is 10.3. The quantitative estimate of drug-likeness (QED) is 0.673. The van der Waals surface area contributed by atoms with E-state index in [1.54, 1.807) is 26.5 Å². The molecule has 0 radical (unpaired) electrons. The van der Waals surface area contributed by atoms with Crippen molar-refractivity contribution in [1.29, 1.82) is 0 Å². The van der Waals surface area contributed by atoms with Crippen molar-refractivity contribution in [3.8, 4) is 22.6 Å². The van der Waals surface area contributed by atoms with E-state index in [1.165, 1.54) is 36.1 Å². The molecular formula is C24H28N4O. The number of hydrogen-bond acceptors (Lipinski definition) is 3. The van der Waals surface area contributed by atoms with E-state index in [0.717, 1.165) is 22.7 Å². The summed E-state index contributed by atoms with van der Waals surface area (Å²) in [6.07, 6.45) is 8.64. The third-order valence-corrected chi connectivity index (χ3v) is 5.94. The number of carbonyl (C=O) groups excluding carboxylic acids is 1. The monoisotopic (exact) mass is 388 g/mol. The molecule has 2 heterocycles. The number of nitrogens with zero attached hydrogens (tertiary/aromatic N) is 3. The maximum atomic E-state index is 12.0. The molecule has 150 valence electrons. The lowest BCUT2D eigenvalue weighted by atomic mass is 9.79. The molecule has 0 aliphatic heterocycles. The van der Waals surface area contributed by atoms with Gasteiger partial charge in [-0.2, -0.15) is 0 Å². The van der Waals surface area contributed by atoms with Crippen molar-refractivity contribution in [2.75, 3.05) is 14.1 Å². The summed E-state index contributed by atoms with van der Waals surface area (Å²) in [6, 6.07) is 12.9. The molecule has 1 amide bonds. The molecule has 1 saturated carbocycles. The minimum atomic E-state index is -0.0964. The normalized spacial score (nSPS) is 19.1. The lowest BCUT2D eigenvalue weighted by Crippen LogP contribution is -2.21. The Bertz CT molecular complexity index is 965. The molecule has 1 aliphatic rings. The molecule has 0 bridgehead atoms. The van der Waals surface area contributed by atoms with E-state index in [-0.39, 0.29) is 5.91 Å². The van der Waals surface area contributed by atoms with Crippen LogP contribution < -0.4 is 0 Å². The van der Waals surface area contributed by atoms with Crippen molar-refractivity contribution < 1.29 is 4.79 Å². The SMILES string of the molecule is CC1CCC(c2ccc(-c3ccc(-c4ncc(C(=O)N(C)C)[nH]4)cn3)cc2)CC1. The molecule has 2 aromatic heterocycles. The van der Waals surface area contributed by atoms with Gasteiger partial charge >= 0.3 is 0 Å². The average Bonchev–Trinajstić information content (AvgIpc) is 3.24. The van der Waals surface area contributed by atoms with Crippen LogP contribution in [0.15, 0.2) is 48.8 Å². The molecule has 0 saturated heterocycles. The first-order valence-corrected chi connectivity index (χ1v) is 10.3. The van der Waals surface area contributed by atoms with E-state index < -0.39 is 0 Å². The number of pyridine rings is 1. The van der Waals surface area contributed by atoms with Gasteiger partial charge in [0.15, 0.2) is 0 Å². The Kier molecular flexibility index (Phi) is 5.47. The van der Waals surface area contributed by atoms with Gasteiger partial charge in [-0.3, -0.25) is 9.78 Å². The van der Waals surface area contributed by atoms with E-state index >= 15 is 0 Å². The predicted octanol–water partition coefficient (Wildman–Crippen LogP) is 5.13. The number of aromatic amines is 1. The van der Waals surface area contributed by atoms with Gasteiger partial charge in [-0.15, -0.1) is 0 Å². The van der Waals surface area contributed by atoms with Crippen LogP contribution in [0.3, 0.4) is 0 Å². The van der Waals surface area contributed by atoms with Gasteiger partial charge in [0, 0.05) is 31.4 Å². The smallest absolute Gasteiger partial charge is 0.271 e. The molecular weight excluding hydrogens is 360 g/mol. The van der Waals surface area contributed by atoms with Gasteiger partial charge in [-0.25, -0.2) is 4.98 Å². The molecule has 1 fully saturated rings. The van der Waals surface area contributed by atoms with E-state index in [2.05, 4.69) is 46.1 Å². The number of imidazole rings is 1. The average molecular weight is 389 g/mol. The summed E-state index contributed by atoms with van der Waals surface area (Å²) < 4.78 is 0. The highest BCUT2D eigenvalue weighted by Gasteiger charge is 2.19. The highest BCUT2D eigenvalue weighted by Crippen LogP contribution is 2.36. The fraction of sp³-hybridized carbons (Fsp3) is 0.375. The maximum Gasteiger partial charge on any atom is 0.271 e. The van der Waals surface area contributed by atoms with Gasteiger partial charge in [0.2, 0.25) is 0 Å². The zero-order chi connectivity index (χ0) is 20.4. The van der Waals surface area contributed by atoms with E-state index in [9.17, 15) is 4.79 Å². The Labute approximate surface area is 172 Å². The summed E-state index contributed by atoms with van der Waals surface area (Å²) >= 11 is 0. The number of nitrogens with one attached hydrogen (secondary N) is 1. The molecule has 5 nitrogen and oxygen atoms in total. The predicted molar refractivity (Wildman–Crippen MR) is 116 cm³/mol. The van der Waals surface area contributed by atoms with Crippen LogP contribution in [-0.2, 0) is 0 Å². The van der Waals surface area contributed by atoms with Gasteiger partial charge in [0.25, 0.3) is 5.91 Å². The summed E-state index contributed by atoms with van der Waals surface area (Å²) in [5.41, 5.74) is 4.84. The van der Waals surface area contributed by atoms with Crippen molar-refractivity contribution in [2.24, 2.45) is 5.92 Å². The number of H-pyrrole nitrogens is 1. The van der Waals surface area contributed by atoms with Crippen molar-refractivity contribution in [1.82, 2.24) is 19.9 Å². The van der Waals surface area contributed by atoms with E-state index in [4.69, 9.17) is 0 Å². The van der Waals surface area contributed by atoms with Crippen LogP contribution in [0.4, 0.5) is 0 Å². The Balaban J connectivity index is 1.47. The van der Waals surface area contributed by atoms with Crippen LogP contribution in [0.5, 0.6) is 0 Å². The summed E-state index contributed by atoms with van der Waals surface area (Å²) in [5.74, 6) is 2.13. The molecule has 29 heavy (non-hydrogen) atoms. The number of benzene rings is 1. The summed E-state index contributed by atoms with van der Waals surface area (Å²) in [5, 5.41) is 0. The highest BCUT2D eigenvalue weighted by atomic mass is 16.2. The first-order chi connectivity index (χ1) is 14.0. The van der Waals surface area contributed by atoms with Crippen molar-refractivity contribution in [3.63, 3.8) is 0 Å². The zero-order valence-electron chi connectivity index (χ0n) is 17.4. The molecule has 0 atom stereocenters. The molecule has 4 rings (SSSR count). The first kappa shape index (κ1) is 19.4. The standard InChI is InChI=1S/C24H28N4O/c1-16-4-6-17(7-5-16)18-8-10-19(11-9-18)21-13-12-20(14-25-21)23-26-15-22(27-23)24(29)28(2)3/h8-17H,4-7H2,1-3H3,(H,26,27). The van der Waals surface area contributed by atoms with Crippen LogP contribution in [-0.4, -0.2) is 39.9 Å². The molecule has 1 N–H and O–H groups in total. The third-order valence-electron chi connectivity index (χ3n) is 5.94. The molecule has 0 spiro atoms.